The van der Waals surface area contributed by atoms with Gasteiger partial charge in [0.25, 0.3) is 0 Å². The summed E-state index contributed by atoms with van der Waals surface area (Å²) in [6.07, 6.45) is 2.81. The Labute approximate surface area is 104 Å². The largest absolute Gasteiger partial charge is 0.490 e. The van der Waals surface area contributed by atoms with Gasteiger partial charge in [-0.2, -0.15) is 0 Å². The maximum Gasteiger partial charge on any atom is 0.166 e. The summed E-state index contributed by atoms with van der Waals surface area (Å²) in [7, 11) is 0. The summed E-state index contributed by atoms with van der Waals surface area (Å²) in [6, 6.07) is 7.15. The van der Waals surface area contributed by atoms with Crippen LogP contribution in [0.3, 0.4) is 0 Å². The van der Waals surface area contributed by atoms with Crippen LogP contribution in [0.1, 0.15) is 17.5 Å². The van der Waals surface area contributed by atoms with Gasteiger partial charge in [0.1, 0.15) is 30.8 Å². The topological polar surface area (TPSA) is 64.5 Å². The van der Waals surface area contributed by atoms with E-state index in [0.717, 1.165) is 5.56 Å². The molecule has 0 amide bonds. The third-order valence-corrected chi connectivity index (χ3v) is 2.73. The summed E-state index contributed by atoms with van der Waals surface area (Å²) in [5, 5.41) is 9.59. The maximum absolute atomic E-state index is 9.59. The number of nitrogens with zero attached hydrogens (tertiary/aromatic N) is 2. The zero-order valence-electron chi connectivity index (χ0n) is 9.61. The van der Waals surface area contributed by atoms with Crippen molar-refractivity contribution >= 4 is 0 Å². The molecular formula is C13H12N2O3. The summed E-state index contributed by atoms with van der Waals surface area (Å²) >= 11 is 0. The van der Waals surface area contributed by atoms with Crippen molar-refractivity contribution in [2.75, 3.05) is 6.61 Å². The fourth-order valence-corrected chi connectivity index (χ4v) is 1.82. The molecule has 92 valence electrons. The summed E-state index contributed by atoms with van der Waals surface area (Å²) in [6.45, 7) is 0.614. The van der Waals surface area contributed by atoms with Gasteiger partial charge in [-0.05, 0) is 18.2 Å². The first-order valence-corrected chi connectivity index (χ1v) is 5.66. The Balaban J connectivity index is 1.71. The highest BCUT2D eigenvalue weighted by atomic mass is 16.5. The molecule has 2 heterocycles. The van der Waals surface area contributed by atoms with Crippen LogP contribution < -0.4 is 9.47 Å². The minimum absolute atomic E-state index is 0.306. The van der Waals surface area contributed by atoms with Gasteiger partial charge in [-0.1, -0.05) is 0 Å². The minimum Gasteiger partial charge on any atom is -0.490 e. The summed E-state index contributed by atoms with van der Waals surface area (Å²) in [5.41, 5.74) is 0.804. The quantitative estimate of drug-likeness (QED) is 0.886. The Kier molecular flexibility index (Phi) is 2.82. The van der Waals surface area contributed by atoms with Crippen molar-refractivity contribution in [2.24, 2.45) is 0 Å². The number of hydrogen-bond donors (Lipinski definition) is 1. The second-order valence-electron chi connectivity index (χ2n) is 3.98. The number of fused-ring (bicyclic) bond motifs is 1. The van der Waals surface area contributed by atoms with Crippen molar-refractivity contribution in [2.45, 2.75) is 12.7 Å². The monoisotopic (exact) mass is 244 g/mol. The molecular weight excluding hydrogens is 232 g/mol. The van der Waals surface area contributed by atoms with Crippen molar-refractivity contribution < 1.29 is 14.6 Å². The third-order valence-electron chi connectivity index (χ3n) is 2.73. The molecule has 0 fully saturated rings. The fraction of sp³-hybridized carbons (Fsp3) is 0.231. The van der Waals surface area contributed by atoms with E-state index in [1.807, 2.05) is 6.07 Å². The first-order valence-electron chi connectivity index (χ1n) is 5.66. The van der Waals surface area contributed by atoms with E-state index in [4.69, 9.17) is 9.47 Å². The molecule has 0 saturated heterocycles. The smallest absolute Gasteiger partial charge is 0.166 e. The zero-order valence-corrected chi connectivity index (χ0v) is 9.61. The lowest BCUT2D eigenvalue weighted by Gasteiger charge is -2.06. The molecule has 1 atom stereocenters. The van der Waals surface area contributed by atoms with E-state index in [1.54, 1.807) is 30.6 Å². The van der Waals surface area contributed by atoms with E-state index >= 15 is 0 Å². The molecule has 0 aliphatic carbocycles. The summed E-state index contributed by atoms with van der Waals surface area (Å²) < 4.78 is 10.9. The predicted octanol–water partition coefficient (Wildman–Crippen LogP) is 1.48. The normalized spacial score (nSPS) is 17.1. The number of ether oxygens (including phenoxy) is 2. The molecule has 5 heteroatoms. The van der Waals surface area contributed by atoms with E-state index in [0.29, 0.717) is 30.5 Å². The lowest BCUT2D eigenvalue weighted by atomic mass is 10.1. The second-order valence-corrected chi connectivity index (χ2v) is 3.98. The number of aromatic nitrogens is 2. The van der Waals surface area contributed by atoms with Gasteiger partial charge >= 0.3 is 0 Å². The highest BCUT2D eigenvalue weighted by Crippen LogP contribution is 2.35. The van der Waals surface area contributed by atoms with Crippen molar-refractivity contribution in [3.05, 3.63) is 48.0 Å². The van der Waals surface area contributed by atoms with Gasteiger partial charge in [-0.25, -0.2) is 9.97 Å². The maximum atomic E-state index is 9.59. The second kappa shape index (κ2) is 4.62. The average Bonchev–Trinajstić information content (AvgIpc) is 2.79. The first-order chi connectivity index (χ1) is 8.83. The molecule has 0 bridgehead atoms. The molecule has 1 aliphatic heterocycles. The van der Waals surface area contributed by atoms with E-state index in [9.17, 15) is 5.11 Å². The Morgan fingerprint density at radius 3 is 3.00 bits per heavy atom. The predicted molar refractivity (Wildman–Crippen MR) is 63.3 cm³/mol. The van der Waals surface area contributed by atoms with E-state index in [1.165, 1.54) is 0 Å². The molecule has 5 nitrogen and oxygen atoms in total. The highest BCUT2D eigenvalue weighted by Gasteiger charge is 2.21. The van der Waals surface area contributed by atoms with E-state index in [-0.39, 0.29) is 0 Å². The first kappa shape index (κ1) is 11.0. The molecule has 2 aromatic rings. The zero-order chi connectivity index (χ0) is 12.4. The number of aliphatic hydroxyl groups excluding tert-OH is 1. The van der Waals surface area contributed by atoms with Crippen molar-refractivity contribution in [3.8, 4) is 11.5 Å². The van der Waals surface area contributed by atoms with Crippen molar-refractivity contribution in [1.29, 1.82) is 0 Å². The number of hydrogen-bond acceptors (Lipinski definition) is 5. The van der Waals surface area contributed by atoms with Crippen LogP contribution >= 0.6 is 0 Å². The Morgan fingerprint density at radius 2 is 2.17 bits per heavy atom. The van der Waals surface area contributed by atoms with Crippen molar-refractivity contribution in [1.82, 2.24) is 9.97 Å². The average molecular weight is 244 g/mol. The van der Waals surface area contributed by atoms with Crippen LogP contribution in [0.4, 0.5) is 0 Å². The molecule has 0 radical (unpaired) electrons. The SMILES string of the molecule is OC1COc2cc(OCc3ncccn3)ccc21. The van der Waals surface area contributed by atoms with Gasteiger partial charge in [-0.3, -0.25) is 0 Å². The molecule has 1 unspecified atom stereocenters. The van der Waals surface area contributed by atoms with Crippen LogP contribution in [0.25, 0.3) is 0 Å². The van der Waals surface area contributed by atoms with E-state index < -0.39 is 6.10 Å². The third kappa shape index (κ3) is 2.12. The van der Waals surface area contributed by atoms with Crippen LogP contribution in [0, 0.1) is 0 Å². The molecule has 0 saturated carbocycles. The van der Waals surface area contributed by atoms with E-state index in [2.05, 4.69) is 9.97 Å². The molecule has 1 aliphatic rings. The van der Waals surface area contributed by atoms with Crippen LogP contribution in [0.15, 0.2) is 36.7 Å². The number of benzene rings is 1. The Morgan fingerprint density at radius 1 is 1.33 bits per heavy atom. The van der Waals surface area contributed by atoms with Crippen LogP contribution in [-0.4, -0.2) is 21.7 Å². The Hall–Kier alpha value is -2.14. The fourth-order valence-electron chi connectivity index (χ4n) is 1.82. The van der Waals surface area contributed by atoms with Gasteiger partial charge in [-0.15, -0.1) is 0 Å². The number of rotatable bonds is 3. The van der Waals surface area contributed by atoms with Gasteiger partial charge in [0.2, 0.25) is 0 Å². The minimum atomic E-state index is -0.536. The molecule has 1 aromatic carbocycles. The summed E-state index contributed by atoms with van der Waals surface area (Å²) in [4.78, 5) is 8.14. The highest BCUT2D eigenvalue weighted by molar-refractivity contribution is 5.44. The van der Waals surface area contributed by atoms with Crippen LogP contribution in [-0.2, 0) is 6.61 Å². The standard InChI is InChI=1S/C13H12N2O3/c16-11-7-18-12-6-9(2-3-10(11)12)17-8-13-14-4-1-5-15-13/h1-6,11,16H,7-8H2. The lowest BCUT2D eigenvalue weighted by molar-refractivity contribution is 0.140. The lowest BCUT2D eigenvalue weighted by Crippen LogP contribution is -2.00. The van der Waals surface area contributed by atoms with Crippen LogP contribution in [0.2, 0.25) is 0 Å². The van der Waals surface area contributed by atoms with Gasteiger partial charge in [0.15, 0.2) is 5.82 Å². The molecule has 18 heavy (non-hydrogen) atoms. The molecule has 1 aromatic heterocycles. The van der Waals surface area contributed by atoms with Gasteiger partial charge in [0.05, 0.1) is 0 Å². The van der Waals surface area contributed by atoms with Crippen molar-refractivity contribution in [3.63, 3.8) is 0 Å². The molecule has 3 rings (SSSR count). The van der Waals surface area contributed by atoms with Crippen LogP contribution in [0.5, 0.6) is 11.5 Å². The molecule has 0 spiro atoms. The van der Waals surface area contributed by atoms with Gasteiger partial charge < -0.3 is 14.6 Å². The summed E-state index contributed by atoms with van der Waals surface area (Å²) in [5.74, 6) is 1.98. The van der Waals surface area contributed by atoms with Gasteiger partial charge in [0, 0.05) is 24.0 Å². The Bertz CT molecular complexity index is 545. The number of aliphatic hydroxyl groups is 1. The molecule has 1 N–H and O–H groups in total.